The highest BCUT2D eigenvalue weighted by molar-refractivity contribution is 6.34. The van der Waals surface area contributed by atoms with Crippen molar-refractivity contribution in [3.8, 4) is 11.1 Å². The number of para-hydroxylation sites is 1. The molecule has 0 bridgehead atoms. The Morgan fingerprint density at radius 1 is 1.05 bits per heavy atom. The molecule has 0 fully saturated rings. The van der Waals surface area contributed by atoms with Crippen LogP contribution in [0.3, 0.4) is 0 Å². The standard InChI is InChI=1S/C17H18ClNO2/c1-17(2,3)19(16(20)21)15-13(10-7-11-14(15)18)12-8-5-4-6-9-12/h4-11H,1-3H3,(H,20,21). The van der Waals surface area contributed by atoms with Gasteiger partial charge in [-0.05, 0) is 32.4 Å². The zero-order valence-electron chi connectivity index (χ0n) is 12.3. The van der Waals surface area contributed by atoms with E-state index < -0.39 is 11.6 Å². The maximum Gasteiger partial charge on any atom is 0.412 e. The van der Waals surface area contributed by atoms with E-state index in [0.29, 0.717) is 10.7 Å². The summed E-state index contributed by atoms with van der Waals surface area (Å²) in [5.41, 5.74) is 1.66. The number of anilines is 1. The summed E-state index contributed by atoms with van der Waals surface area (Å²) >= 11 is 6.32. The Morgan fingerprint density at radius 3 is 2.19 bits per heavy atom. The molecule has 0 aliphatic heterocycles. The van der Waals surface area contributed by atoms with Gasteiger partial charge in [0.2, 0.25) is 0 Å². The Morgan fingerprint density at radius 2 is 1.67 bits per heavy atom. The third kappa shape index (κ3) is 3.19. The predicted molar refractivity (Wildman–Crippen MR) is 87.1 cm³/mol. The molecule has 0 atom stereocenters. The van der Waals surface area contributed by atoms with Crippen LogP contribution in [0.5, 0.6) is 0 Å². The van der Waals surface area contributed by atoms with E-state index in [1.54, 1.807) is 6.07 Å². The first-order valence-corrected chi connectivity index (χ1v) is 7.07. The minimum absolute atomic E-state index is 0.425. The minimum atomic E-state index is -1.02. The maximum absolute atomic E-state index is 11.7. The van der Waals surface area contributed by atoms with E-state index in [-0.39, 0.29) is 0 Å². The Kier molecular flexibility index (Phi) is 4.24. The maximum atomic E-state index is 11.7. The molecule has 2 aromatic rings. The van der Waals surface area contributed by atoms with Crippen LogP contribution in [0, 0.1) is 0 Å². The Hall–Kier alpha value is -2.00. The monoisotopic (exact) mass is 303 g/mol. The molecule has 0 unspecified atom stereocenters. The van der Waals surface area contributed by atoms with Crippen molar-refractivity contribution in [2.24, 2.45) is 0 Å². The molecule has 0 radical (unpaired) electrons. The number of amides is 1. The number of benzene rings is 2. The largest absolute Gasteiger partial charge is 0.465 e. The van der Waals surface area contributed by atoms with Gasteiger partial charge in [0, 0.05) is 11.1 Å². The number of halogens is 1. The molecule has 0 saturated heterocycles. The summed E-state index contributed by atoms with van der Waals surface area (Å²) in [6, 6.07) is 15.1. The molecular formula is C17H18ClNO2. The number of carbonyl (C=O) groups is 1. The van der Waals surface area contributed by atoms with Crippen molar-refractivity contribution in [1.82, 2.24) is 0 Å². The quantitative estimate of drug-likeness (QED) is 0.819. The first kappa shape index (κ1) is 15.4. The van der Waals surface area contributed by atoms with Gasteiger partial charge in [0.1, 0.15) is 0 Å². The number of hydrogen-bond acceptors (Lipinski definition) is 1. The van der Waals surface area contributed by atoms with Crippen LogP contribution in [0.4, 0.5) is 10.5 Å². The molecule has 0 spiro atoms. The third-order valence-corrected chi connectivity index (χ3v) is 3.46. The summed E-state index contributed by atoms with van der Waals surface area (Å²) in [5.74, 6) is 0. The van der Waals surface area contributed by atoms with Gasteiger partial charge < -0.3 is 5.11 Å². The van der Waals surface area contributed by atoms with E-state index in [4.69, 9.17) is 11.6 Å². The van der Waals surface area contributed by atoms with Crippen molar-refractivity contribution < 1.29 is 9.90 Å². The highest BCUT2D eigenvalue weighted by Crippen LogP contribution is 2.39. The molecule has 0 aliphatic rings. The van der Waals surface area contributed by atoms with Crippen molar-refractivity contribution >= 4 is 23.4 Å². The Balaban J connectivity index is 2.71. The molecule has 2 aromatic carbocycles. The van der Waals surface area contributed by atoms with Crippen LogP contribution in [0.25, 0.3) is 11.1 Å². The topological polar surface area (TPSA) is 40.5 Å². The molecule has 21 heavy (non-hydrogen) atoms. The molecule has 110 valence electrons. The average molecular weight is 304 g/mol. The van der Waals surface area contributed by atoms with Crippen LogP contribution >= 0.6 is 11.6 Å². The fourth-order valence-corrected chi connectivity index (χ4v) is 2.57. The van der Waals surface area contributed by atoms with E-state index in [1.807, 2.05) is 63.2 Å². The Labute approximate surface area is 129 Å². The van der Waals surface area contributed by atoms with E-state index >= 15 is 0 Å². The fraction of sp³-hybridized carbons (Fsp3) is 0.235. The van der Waals surface area contributed by atoms with Crippen molar-refractivity contribution in [2.45, 2.75) is 26.3 Å². The van der Waals surface area contributed by atoms with Crippen molar-refractivity contribution in [1.29, 1.82) is 0 Å². The lowest BCUT2D eigenvalue weighted by molar-refractivity contribution is 0.195. The van der Waals surface area contributed by atoms with Crippen LogP contribution in [0.15, 0.2) is 48.5 Å². The molecule has 0 heterocycles. The normalized spacial score (nSPS) is 11.2. The lowest BCUT2D eigenvalue weighted by Gasteiger charge is -2.35. The van der Waals surface area contributed by atoms with Gasteiger partial charge in [-0.3, -0.25) is 4.90 Å². The predicted octanol–water partition coefficient (Wildman–Crippen LogP) is 5.29. The second-order valence-electron chi connectivity index (χ2n) is 5.79. The van der Waals surface area contributed by atoms with Gasteiger partial charge in [0.15, 0.2) is 0 Å². The molecule has 4 heteroatoms. The number of nitrogens with zero attached hydrogens (tertiary/aromatic N) is 1. The second-order valence-corrected chi connectivity index (χ2v) is 6.20. The molecule has 0 aromatic heterocycles. The summed E-state index contributed by atoms with van der Waals surface area (Å²) in [4.78, 5) is 13.1. The second kappa shape index (κ2) is 5.78. The number of hydrogen-bond donors (Lipinski definition) is 1. The van der Waals surface area contributed by atoms with Gasteiger partial charge in [-0.1, -0.05) is 54.1 Å². The van der Waals surface area contributed by atoms with E-state index in [0.717, 1.165) is 11.1 Å². The zero-order valence-corrected chi connectivity index (χ0v) is 13.1. The zero-order chi connectivity index (χ0) is 15.6. The third-order valence-electron chi connectivity index (χ3n) is 3.16. The highest BCUT2D eigenvalue weighted by Gasteiger charge is 2.31. The molecule has 1 N–H and O–H groups in total. The van der Waals surface area contributed by atoms with Crippen LogP contribution in [-0.4, -0.2) is 16.7 Å². The Bertz CT molecular complexity index is 648. The van der Waals surface area contributed by atoms with Crippen LogP contribution < -0.4 is 4.90 Å². The summed E-state index contributed by atoms with van der Waals surface area (Å²) in [6.45, 7) is 5.54. The summed E-state index contributed by atoms with van der Waals surface area (Å²) in [5, 5.41) is 10.1. The molecule has 2 rings (SSSR count). The molecule has 0 aliphatic carbocycles. The molecule has 3 nitrogen and oxygen atoms in total. The number of carboxylic acid groups (broad SMARTS) is 1. The molecular weight excluding hydrogens is 286 g/mol. The van der Waals surface area contributed by atoms with Crippen LogP contribution in [0.1, 0.15) is 20.8 Å². The fourth-order valence-electron chi connectivity index (χ4n) is 2.31. The first-order valence-electron chi connectivity index (χ1n) is 6.69. The van der Waals surface area contributed by atoms with Crippen molar-refractivity contribution in [2.75, 3.05) is 4.90 Å². The summed E-state index contributed by atoms with van der Waals surface area (Å²) < 4.78 is 0. The van der Waals surface area contributed by atoms with E-state index in [2.05, 4.69) is 0 Å². The summed E-state index contributed by atoms with van der Waals surface area (Å²) in [7, 11) is 0. The van der Waals surface area contributed by atoms with E-state index in [1.165, 1.54) is 4.90 Å². The van der Waals surface area contributed by atoms with Gasteiger partial charge in [0.05, 0.1) is 10.7 Å². The first-order chi connectivity index (χ1) is 9.82. The van der Waals surface area contributed by atoms with Gasteiger partial charge in [-0.15, -0.1) is 0 Å². The van der Waals surface area contributed by atoms with Gasteiger partial charge in [-0.2, -0.15) is 0 Å². The smallest absolute Gasteiger partial charge is 0.412 e. The van der Waals surface area contributed by atoms with Crippen molar-refractivity contribution in [3.05, 3.63) is 53.6 Å². The minimum Gasteiger partial charge on any atom is -0.465 e. The van der Waals surface area contributed by atoms with Crippen molar-refractivity contribution in [3.63, 3.8) is 0 Å². The lowest BCUT2D eigenvalue weighted by atomic mass is 9.99. The molecule has 1 amide bonds. The number of rotatable bonds is 2. The summed E-state index contributed by atoms with van der Waals surface area (Å²) in [6.07, 6.45) is -1.02. The van der Waals surface area contributed by atoms with Crippen LogP contribution in [0.2, 0.25) is 5.02 Å². The van der Waals surface area contributed by atoms with Gasteiger partial charge >= 0.3 is 6.09 Å². The highest BCUT2D eigenvalue weighted by atomic mass is 35.5. The lowest BCUT2D eigenvalue weighted by Crippen LogP contribution is -2.45. The van der Waals surface area contributed by atoms with E-state index in [9.17, 15) is 9.90 Å². The SMILES string of the molecule is CC(C)(C)N(C(=O)O)c1c(Cl)cccc1-c1ccccc1. The van der Waals surface area contributed by atoms with Crippen LogP contribution in [-0.2, 0) is 0 Å². The van der Waals surface area contributed by atoms with Gasteiger partial charge in [-0.25, -0.2) is 4.79 Å². The average Bonchev–Trinajstić information content (AvgIpc) is 2.40. The van der Waals surface area contributed by atoms with Gasteiger partial charge in [0.25, 0.3) is 0 Å². The molecule has 0 saturated carbocycles.